The van der Waals surface area contributed by atoms with Gasteiger partial charge in [0, 0.05) is 18.7 Å². The number of benzene rings is 1. The lowest BCUT2D eigenvalue weighted by atomic mass is 10.2. The van der Waals surface area contributed by atoms with Gasteiger partial charge in [0.25, 0.3) is 0 Å². The molecular formula is C14H18ClN3O2. The zero-order valence-corrected chi connectivity index (χ0v) is 11.9. The number of carbonyl (C=O) groups excluding carboxylic acids is 2. The lowest BCUT2D eigenvalue weighted by Gasteiger charge is -2.19. The fraction of sp³-hybridized carbons (Fsp3) is 0.429. The summed E-state index contributed by atoms with van der Waals surface area (Å²) in [5.74, 6) is -0.171. The molecule has 2 amide bonds. The Morgan fingerprint density at radius 1 is 1.35 bits per heavy atom. The summed E-state index contributed by atoms with van der Waals surface area (Å²) in [4.78, 5) is 25.4. The first-order valence-corrected chi connectivity index (χ1v) is 7.07. The summed E-state index contributed by atoms with van der Waals surface area (Å²) in [6, 6.07) is 4.91. The molecule has 1 aromatic rings. The fourth-order valence-corrected chi connectivity index (χ4v) is 2.32. The summed E-state index contributed by atoms with van der Waals surface area (Å²) in [5, 5.41) is 3.18. The van der Waals surface area contributed by atoms with E-state index in [1.165, 1.54) is 0 Å². The van der Waals surface area contributed by atoms with Gasteiger partial charge in [-0.2, -0.15) is 0 Å². The van der Waals surface area contributed by atoms with Gasteiger partial charge >= 0.3 is 0 Å². The number of hydrogen-bond acceptors (Lipinski definition) is 3. The zero-order valence-electron chi connectivity index (χ0n) is 11.2. The predicted molar refractivity (Wildman–Crippen MR) is 79.5 cm³/mol. The van der Waals surface area contributed by atoms with Crippen LogP contribution in [0.1, 0.15) is 25.7 Å². The smallest absolute Gasteiger partial charge is 0.243 e. The number of nitrogens with two attached hydrogens (primary N) is 1. The number of carbonyl (C=O) groups is 2. The number of hydrogen-bond donors (Lipinski definition) is 2. The molecule has 0 bridgehead atoms. The second-order valence-corrected chi connectivity index (χ2v) is 5.32. The lowest BCUT2D eigenvalue weighted by molar-refractivity contribution is -0.134. The molecule has 108 valence electrons. The molecule has 3 N–H and O–H groups in total. The summed E-state index contributed by atoms with van der Waals surface area (Å²) in [6.45, 7) is 0.733. The molecular weight excluding hydrogens is 278 g/mol. The van der Waals surface area contributed by atoms with Gasteiger partial charge in [-0.1, -0.05) is 18.0 Å². The molecule has 1 aliphatic rings. The Kier molecular flexibility index (Phi) is 4.84. The summed E-state index contributed by atoms with van der Waals surface area (Å²) < 4.78 is 0. The van der Waals surface area contributed by atoms with Crippen LogP contribution in [0.2, 0.25) is 5.02 Å². The van der Waals surface area contributed by atoms with Gasteiger partial charge in [0.05, 0.1) is 17.3 Å². The molecule has 20 heavy (non-hydrogen) atoms. The van der Waals surface area contributed by atoms with Crippen LogP contribution < -0.4 is 11.1 Å². The molecule has 1 aromatic carbocycles. The summed E-state index contributed by atoms with van der Waals surface area (Å²) in [5.41, 5.74) is 6.67. The lowest BCUT2D eigenvalue weighted by Crippen LogP contribution is -2.37. The van der Waals surface area contributed by atoms with Gasteiger partial charge in [0.2, 0.25) is 11.8 Å². The highest BCUT2D eigenvalue weighted by atomic mass is 35.5. The highest BCUT2D eigenvalue weighted by Crippen LogP contribution is 2.22. The van der Waals surface area contributed by atoms with E-state index in [4.69, 9.17) is 17.3 Å². The summed E-state index contributed by atoms with van der Waals surface area (Å²) >= 11 is 5.82. The van der Waals surface area contributed by atoms with Crippen LogP contribution in [0.15, 0.2) is 18.2 Å². The molecule has 0 atom stereocenters. The number of amides is 2. The number of likely N-dealkylation sites (tertiary alicyclic amines) is 1. The fourth-order valence-electron chi connectivity index (χ4n) is 2.20. The third-order valence-electron chi connectivity index (χ3n) is 3.29. The minimum Gasteiger partial charge on any atom is -0.397 e. The van der Waals surface area contributed by atoms with Crippen LogP contribution >= 0.6 is 11.6 Å². The molecule has 2 rings (SSSR count). The molecule has 0 saturated carbocycles. The van der Waals surface area contributed by atoms with Crippen LogP contribution in [-0.2, 0) is 9.59 Å². The monoisotopic (exact) mass is 295 g/mol. The minimum absolute atomic E-state index is 0.0493. The van der Waals surface area contributed by atoms with Crippen molar-refractivity contribution in [1.82, 2.24) is 4.90 Å². The van der Waals surface area contributed by atoms with Crippen molar-refractivity contribution in [1.29, 1.82) is 0 Å². The van der Waals surface area contributed by atoms with Crippen LogP contribution in [0.4, 0.5) is 11.4 Å². The molecule has 0 aliphatic carbocycles. The first kappa shape index (κ1) is 14.7. The maximum absolute atomic E-state index is 12.0. The topological polar surface area (TPSA) is 75.4 Å². The molecule has 0 spiro atoms. The molecule has 1 aliphatic heterocycles. The van der Waals surface area contributed by atoms with Crippen molar-refractivity contribution < 1.29 is 9.59 Å². The van der Waals surface area contributed by atoms with E-state index in [-0.39, 0.29) is 18.4 Å². The number of nitrogens with one attached hydrogen (secondary N) is 1. The van der Waals surface area contributed by atoms with Crippen molar-refractivity contribution >= 4 is 34.8 Å². The molecule has 0 radical (unpaired) electrons. The SMILES string of the molecule is Nc1cc(NC(=O)CN2CCCCCC2=O)ccc1Cl. The van der Waals surface area contributed by atoms with E-state index in [2.05, 4.69) is 5.32 Å². The van der Waals surface area contributed by atoms with Crippen molar-refractivity contribution in [3.63, 3.8) is 0 Å². The third-order valence-corrected chi connectivity index (χ3v) is 3.63. The Bertz CT molecular complexity index is 519. The molecule has 5 nitrogen and oxygen atoms in total. The average Bonchev–Trinajstić information content (AvgIpc) is 2.59. The number of halogens is 1. The van der Waals surface area contributed by atoms with Gasteiger partial charge < -0.3 is 16.0 Å². The van der Waals surface area contributed by atoms with Crippen LogP contribution in [0, 0.1) is 0 Å². The second kappa shape index (κ2) is 6.61. The molecule has 1 heterocycles. The van der Waals surface area contributed by atoms with Crippen molar-refractivity contribution in [3.05, 3.63) is 23.2 Å². The van der Waals surface area contributed by atoms with E-state index in [0.717, 1.165) is 19.3 Å². The second-order valence-electron chi connectivity index (χ2n) is 4.91. The predicted octanol–water partition coefficient (Wildman–Crippen LogP) is 2.26. The third kappa shape index (κ3) is 3.87. The minimum atomic E-state index is -0.220. The van der Waals surface area contributed by atoms with E-state index in [1.54, 1.807) is 23.1 Å². The van der Waals surface area contributed by atoms with Gasteiger partial charge in [-0.05, 0) is 31.0 Å². The van der Waals surface area contributed by atoms with Crippen LogP contribution in [0.25, 0.3) is 0 Å². The van der Waals surface area contributed by atoms with E-state index in [1.807, 2.05) is 0 Å². The summed E-state index contributed by atoms with van der Waals surface area (Å²) in [6.07, 6.45) is 3.43. The van der Waals surface area contributed by atoms with Crippen molar-refractivity contribution in [2.75, 3.05) is 24.1 Å². The average molecular weight is 296 g/mol. The number of nitrogens with zero attached hydrogens (tertiary/aromatic N) is 1. The Hall–Kier alpha value is -1.75. The standard InChI is InChI=1S/C14H18ClN3O2/c15-11-6-5-10(8-12(11)16)17-13(19)9-18-7-3-1-2-4-14(18)20/h5-6,8H,1-4,7,9,16H2,(H,17,19). The first-order valence-electron chi connectivity index (χ1n) is 6.69. The van der Waals surface area contributed by atoms with Gasteiger partial charge in [-0.25, -0.2) is 0 Å². The Morgan fingerprint density at radius 3 is 2.90 bits per heavy atom. The molecule has 1 fully saturated rings. The van der Waals surface area contributed by atoms with Gasteiger partial charge in [0.15, 0.2) is 0 Å². The van der Waals surface area contributed by atoms with E-state index < -0.39 is 0 Å². The molecule has 6 heteroatoms. The van der Waals surface area contributed by atoms with Crippen molar-refractivity contribution in [2.24, 2.45) is 0 Å². The zero-order chi connectivity index (χ0) is 14.5. The maximum atomic E-state index is 12.0. The van der Waals surface area contributed by atoms with Crippen LogP contribution in [0.3, 0.4) is 0 Å². The Morgan fingerprint density at radius 2 is 2.15 bits per heavy atom. The van der Waals surface area contributed by atoms with Gasteiger partial charge in [-0.3, -0.25) is 9.59 Å². The van der Waals surface area contributed by atoms with Gasteiger partial charge in [-0.15, -0.1) is 0 Å². The van der Waals surface area contributed by atoms with Gasteiger partial charge in [0.1, 0.15) is 0 Å². The molecule has 1 saturated heterocycles. The number of rotatable bonds is 3. The Balaban J connectivity index is 1.94. The maximum Gasteiger partial charge on any atom is 0.243 e. The normalized spacial score (nSPS) is 15.8. The van der Waals surface area contributed by atoms with E-state index >= 15 is 0 Å². The van der Waals surface area contributed by atoms with Crippen molar-refractivity contribution in [2.45, 2.75) is 25.7 Å². The molecule has 0 aromatic heterocycles. The highest BCUT2D eigenvalue weighted by Gasteiger charge is 2.19. The quantitative estimate of drug-likeness (QED) is 0.840. The molecule has 0 unspecified atom stereocenters. The van der Waals surface area contributed by atoms with Crippen LogP contribution in [-0.4, -0.2) is 29.8 Å². The Labute approximate surface area is 123 Å². The van der Waals surface area contributed by atoms with Crippen molar-refractivity contribution in [3.8, 4) is 0 Å². The highest BCUT2D eigenvalue weighted by molar-refractivity contribution is 6.33. The van der Waals surface area contributed by atoms with Crippen LogP contribution in [0.5, 0.6) is 0 Å². The first-order chi connectivity index (χ1) is 9.56. The number of nitrogen functional groups attached to an aromatic ring is 1. The van der Waals surface area contributed by atoms with E-state index in [0.29, 0.717) is 29.4 Å². The largest absolute Gasteiger partial charge is 0.397 e. The number of anilines is 2. The van der Waals surface area contributed by atoms with E-state index in [9.17, 15) is 9.59 Å². The summed E-state index contributed by atoms with van der Waals surface area (Å²) in [7, 11) is 0.